The van der Waals surface area contributed by atoms with Crippen LogP contribution in [0.5, 0.6) is 5.75 Å². The highest BCUT2D eigenvalue weighted by Gasteiger charge is 2.10. The minimum Gasteiger partial charge on any atom is -0.488 e. The van der Waals surface area contributed by atoms with Gasteiger partial charge in [0.05, 0.1) is 18.7 Å². The molecule has 0 bridgehead atoms. The molecule has 16 heavy (non-hydrogen) atoms. The molecule has 0 aliphatic rings. The monoisotopic (exact) mass is 226 g/mol. The van der Waals surface area contributed by atoms with Crippen LogP contribution in [0.1, 0.15) is 6.42 Å². The summed E-state index contributed by atoms with van der Waals surface area (Å²) in [7, 11) is 1.64. The first-order chi connectivity index (χ1) is 7.69. The van der Waals surface area contributed by atoms with E-state index in [4.69, 9.17) is 10.00 Å². The van der Waals surface area contributed by atoms with Gasteiger partial charge in [0.25, 0.3) is 0 Å². The molecule has 1 aromatic rings. The lowest BCUT2D eigenvalue weighted by molar-refractivity contribution is 0.272. The number of halogens is 2. The van der Waals surface area contributed by atoms with Crippen molar-refractivity contribution >= 4 is 0 Å². The maximum Gasteiger partial charge on any atom is 0.190 e. The minimum absolute atomic E-state index is 0.0803. The van der Waals surface area contributed by atoms with Crippen molar-refractivity contribution in [1.29, 1.82) is 5.26 Å². The molecule has 0 saturated heterocycles. The fourth-order valence-electron chi connectivity index (χ4n) is 1.17. The van der Waals surface area contributed by atoms with Crippen molar-refractivity contribution < 1.29 is 13.5 Å². The van der Waals surface area contributed by atoms with Crippen LogP contribution in [0.4, 0.5) is 8.78 Å². The first-order valence-electron chi connectivity index (χ1n) is 4.82. The van der Waals surface area contributed by atoms with Crippen LogP contribution in [0, 0.1) is 23.0 Å². The van der Waals surface area contributed by atoms with Gasteiger partial charge in [-0.3, -0.25) is 0 Å². The van der Waals surface area contributed by atoms with Crippen molar-refractivity contribution in [3.05, 3.63) is 29.8 Å². The molecular weight excluding hydrogens is 214 g/mol. The third-order valence-corrected chi connectivity index (χ3v) is 2.08. The molecular formula is C11H12F2N2O. The fraction of sp³-hybridized carbons (Fsp3) is 0.364. The van der Waals surface area contributed by atoms with Gasteiger partial charge in [-0.2, -0.15) is 5.26 Å². The number of nitriles is 1. The number of nitrogens with zero attached hydrogens (tertiary/aromatic N) is 1. The zero-order valence-electron chi connectivity index (χ0n) is 8.84. The van der Waals surface area contributed by atoms with Crippen LogP contribution in [-0.4, -0.2) is 19.7 Å². The molecule has 1 N–H and O–H groups in total. The summed E-state index contributed by atoms with van der Waals surface area (Å²) in [5.74, 6) is -1.87. The van der Waals surface area contributed by atoms with Crippen molar-refractivity contribution in [2.75, 3.05) is 13.7 Å². The number of nitrogens with one attached hydrogen (secondary N) is 1. The Morgan fingerprint density at radius 1 is 1.44 bits per heavy atom. The topological polar surface area (TPSA) is 45.0 Å². The van der Waals surface area contributed by atoms with Crippen LogP contribution < -0.4 is 10.1 Å². The molecule has 0 aliphatic carbocycles. The Labute approximate surface area is 92.6 Å². The summed E-state index contributed by atoms with van der Waals surface area (Å²) in [6, 6.07) is 5.12. The Hall–Kier alpha value is -1.67. The maximum atomic E-state index is 13.1. The third-order valence-electron chi connectivity index (χ3n) is 2.08. The normalized spacial score (nSPS) is 11.9. The van der Waals surface area contributed by atoms with Crippen LogP contribution in [0.2, 0.25) is 0 Å². The molecule has 0 aromatic heterocycles. The number of benzene rings is 1. The molecule has 0 radical (unpaired) electrons. The van der Waals surface area contributed by atoms with Crippen molar-refractivity contribution in [2.45, 2.75) is 12.5 Å². The Bertz CT molecular complexity index is 370. The van der Waals surface area contributed by atoms with Gasteiger partial charge in [-0.1, -0.05) is 6.07 Å². The summed E-state index contributed by atoms with van der Waals surface area (Å²) < 4.78 is 31.1. The van der Waals surface area contributed by atoms with Crippen molar-refractivity contribution in [2.24, 2.45) is 0 Å². The second-order valence-corrected chi connectivity index (χ2v) is 3.16. The Balaban J connectivity index is 2.52. The van der Waals surface area contributed by atoms with Gasteiger partial charge in [0.15, 0.2) is 17.4 Å². The summed E-state index contributed by atoms with van der Waals surface area (Å²) in [5, 5.41) is 11.4. The summed E-state index contributed by atoms with van der Waals surface area (Å²) in [6.45, 7) is 0.0803. The fourth-order valence-corrected chi connectivity index (χ4v) is 1.17. The Morgan fingerprint density at radius 2 is 2.06 bits per heavy atom. The van der Waals surface area contributed by atoms with Gasteiger partial charge in [0.1, 0.15) is 0 Å². The van der Waals surface area contributed by atoms with E-state index < -0.39 is 17.4 Å². The second kappa shape index (κ2) is 6.03. The Morgan fingerprint density at radius 3 is 2.56 bits per heavy atom. The molecule has 0 aliphatic heterocycles. The van der Waals surface area contributed by atoms with Crippen LogP contribution >= 0.6 is 0 Å². The lowest BCUT2D eigenvalue weighted by atomic mass is 10.2. The highest BCUT2D eigenvalue weighted by Crippen LogP contribution is 2.20. The van der Waals surface area contributed by atoms with E-state index in [1.807, 2.05) is 6.07 Å². The van der Waals surface area contributed by atoms with Gasteiger partial charge in [0.2, 0.25) is 0 Å². The van der Waals surface area contributed by atoms with Gasteiger partial charge in [-0.25, -0.2) is 8.78 Å². The zero-order valence-corrected chi connectivity index (χ0v) is 8.84. The Kier molecular flexibility index (Phi) is 4.67. The predicted octanol–water partition coefficient (Wildman–Crippen LogP) is 1.85. The molecule has 1 rings (SSSR count). The summed E-state index contributed by atoms with van der Waals surface area (Å²) in [5.41, 5.74) is 0. The van der Waals surface area contributed by atoms with E-state index in [1.54, 1.807) is 7.05 Å². The average molecular weight is 226 g/mol. The van der Waals surface area contributed by atoms with E-state index in [0.717, 1.165) is 12.1 Å². The SMILES string of the molecule is CNC(C#N)CCOc1c(F)cccc1F. The van der Waals surface area contributed by atoms with Crippen molar-refractivity contribution in [3.8, 4) is 11.8 Å². The van der Waals surface area contributed by atoms with E-state index in [1.165, 1.54) is 6.07 Å². The van der Waals surface area contributed by atoms with E-state index in [-0.39, 0.29) is 12.6 Å². The number of rotatable bonds is 5. The van der Waals surface area contributed by atoms with Gasteiger partial charge in [0, 0.05) is 6.42 Å². The van der Waals surface area contributed by atoms with E-state index >= 15 is 0 Å². The van der Waals surface area contributed by atoms with Gasteiger partial charge >= 0.3 is 0 Å². The summed E-state index contributed by atoms with van der Waals surface area (Å²) in [6.07, 6.45) is 0.362. The molecule has 0 saturated carbocycles. The lowest BCUT2D eigenvalue weighted by Crippen LogP contribution is -2.25. The maximum absolute atomic E-state index is 13.1. The molecule has 0 amide bonds. The number of hydrogen-bond donors (Lipinski definition) is 1. The average Bonchev–Trinajstić information content (AvgIpc) is 2.28. The van der Waals surface area contributed by atoms with Crippen LogP contribution in [0.15, 0.2) is 18.2 Å². The van der Waals surface area contributed by atoms with Crippen LogP contribution in [0.3, 0.4) is 0 Å². The van der Waals surface area contributed by atoms with Crippen LogP contribution in [0.25, 0.3) is 0 Å². The smallest absolute Gasteiger partial charge is 0.190 e. The highest BCUT2D eigenvalue weighted by atomic mass is 19.1. The molecule has 0 spiro atoms. The molecule has 0 heterocycles. The standard InChI is InChI=1S/C11H12F2N2O/c1-15-8(7-14)5-6-16-11-9(12)3-2-4-10(11)13/h2-4,8,15H,5-6H2,1H3. The lowest BCUT2D eigenvalue weighted by Gasteiger charge is -2.10. The summed E-state index contributed by atoms with van der Waals surface area (Å²) >= 11 is 0. The predicted molar refractivity (Wildman–Crippen MR) is 54.9 cm³/mol. The quantitative estimate of drug-likeness (QED) is 0.833. The molecule has 86 valence electrons. The molecule has 1 unspecified atom stereocenters. The van der Waals surface area contributed by atoms with E-state index in [2.05, 4.69) is 5.32 Å². The number of ether oxygens (including phenoxy) is 1. The summed E-state index contributed by atoms with van der Waals surface area (Å²) in [4.78, 5) is 0. The zero-order chi connectivity index (χ0) is 12.0. The first kappa shape index (κ1) is 12.4. The van der Waals surface area contributed by atoms with Gasteiger partial charge < -0.3 is 10.1 Å². The highest BCUT2D eigenvalue weighted by molar-refractivity contribution is 5.25. The van der Waals surface area contributed by atoms with Crippen molar-refractivity contribution in [3.63, 3.8) is 0 Å². The van der Waals surface area contributed by atoms with Gasteiger partial charge in [-0.05, 0) is 19.2 Å². The molecule has 1 atom stereocenters. The first-order valence-corrected chi connectivity index (χ1v) is 4.82. The number of para-hydroxylation sites is 1. The molecule has 3 nitrogen and oxygen atoms in total. The van der Waals surface area contributed by atoms with Crippen LogP contribution in [-0.2, 0) is 0 Å². The van der Waals surface area contributed by atoms with E-state index in [9.17, 15) is 8.78 Å². The molecule has 1 aromatic carbocycles. The molecule has 5 heteroatoms. The van der Waals surface area contributed by atoms with E-state index in [0.29, 0.717) is 6.42 Å². The van der Waals surface area contributed by atoms with Gasteiger partial charge in [-0.15, -0.1) is 0 Å². The van der Waals surface area contributed by atoms with Crippen molar-refractivity contribution in [1.82, 2.24) is 5.32 Å². The largest absolute Gasteiger partial charge is 0.488 e. The third kappa shape index (κ3) is 3.17. The number of hydrogen-bond acceptors (Lipinski definition) is 3. The second-order valence-electron chi connectivity index (χ2n) is 3.16. The minimum atomic E-state index is -0.738. The molecule has 0 fully saturated rings.